The Morgan fingerprint density at radius 1 is 1.19 bits per heavy atom. The molecule has 0 amide bonds. The maximum absolute atomic E-state index is 14.3. The minimum atomic E-state index is -0.530. The molecular formula is C16H14Cl2FNO. The minimum absolute atomic E-state index is 0.0105. The maximum Gasteiger partial charge on any atom is 0.181 e. The van der Waals surface area contributed by atoms with Crippen LogP contribution < -0.4 is 10.5 Å². The molecule has 2 aromatic carbocycles. The Labute approximate surface area is 132 Å². The molecule has 5 heteroatoms. The van der Waals surface area contributed by atoms with Crippen LogP contribution in [0.15, 0.2) is 30.3 Å². The minimum Gasteiger partial charge on any atom is -0.453 e. The molecule has 0 aliphatic heterocycles. The number of hydrogen-bond donors (Lipinski definition) is 1. The van der Waals surface area contributed by atoms with Crippen molar-refractivity contribution in [1.82, 2.24) is 0 Å². The molecule has 1 fully saturated rings. The molecular weight excluding hydrogens is 312 g/mol. The third-order valence-corrected chi connectivity index (χ3v) is 4.03. The van der Waals surface area contributed by atoms with Crippen molar-refractivity contribution < 1.29 is 9.13 Å². The van der Waals surface area contributed by atoms with Crippen LogP contribution in [-0.4, -0.2) is 0 Å². The summed E-state index contributed by atoms with van der Waals surface area (Å²) in [5, 5.41) is 0.776. The highest BCUT2D eigenvalue weighted by Crippen LogP contribution is 2.43. The summed E-state index contributed by atoms with van der Waals surface area (Å²) in [6, 6.07) is 8.58. The van der Waals surface area contributed by atoms with Gasteiger partial charge in [0.1, 0.15) is 5.75 Å². The van der Waals surface area contributed by atoms with Crippen molar-refractivity contribution in [2.45, 2.75) is 25.3 Å². The molecule has 0 saturated heterocycles. The van der Waals surface area contributed by atoms with Gasteiger partial charge in [0, 0.05) is 17.1 Å². The van der Waals surface area contributed by atoms with Crippen LogP contribution in [0.5, 0.6) is 11.5 Å². The van der Waals surface area contributed by atoms with Gasteiger partial charge >= 0.3 is 0 Å². The van der Waals surface area contributed by atoms with Crippen LogP contribution in [0.25, 0.3) is 0 Å². The highest BCUT2D eigenvalue weighted by Gasteiger charge is 2.24. The lowest BCUT2D eigenvalue weighted by Crippen LogP contribution is -2.02. The van der Waals surface area contributed by atoms with E-state index in [1.54, 1.807) is 18.2 Å². The van der Waals surface area contributed by atoms with E-state index >= 15 is 0 Å². The SMILES string of the molecule is NCc1ccc(Cl)c(Oc2cc(Cl)cc(C3CC3)c2)c1F. The predicted octanol–water partition coefficient (Wildman–Crippen LogP) is 5.26. The maximum atomic E-state index is 14.3. The first-order chi connectivity index (χ1) is 10.1. The van der Waals surface area contributed by atoms with E-state index in [2.05, 4.69) is 0 Å². The van der Waals surface area contributed by atoms with Crippen molar-refractivity contribution in [3.05, 3.63) is 57.3 Å². The predicted molar refractivity (Wildman–Crippen MR) is 82.8 cm³/mol. The Morgan fingerprint density at radius 3 is 2.62 bits per heavy atom. The topological polar surface area (TPSA) is 35.2 Å². The van der Waals surface area contributed by atoms with Crippen molar-refractivity contribution in [3.63, 3.8) is 0 Å². The van der Waals surface area contributed by atoms with E-state index in [-0.39, 0.29) is 17.3 Å². The van der Waals surface area contributed by atoms with Crippen molar-refractivity contribution in [1.29, 1.82) is 0 Å². The second kappa shape index (κ2) is 5.84. The lowest BCUT2D eigenvalue weighted by Gasteiger charge is -2.12. The standard InChI is InChI=1S/C16H14Cl2FNO/c17-12-5-11(9-1-2-9)6-13(7-12)21-16-14(18)4-3-10(8-20)15(16)19/h3-7,9H,1-2,8,20H2. The molecule has 0 unspecified atom stereocenters. The number of ether oxygens (including phenoxy) is 1. The van der Waals surface area contributed by atoms with E-state index in [1.165, 1.54) is 0 Å². The Morgan fingerprint density at radius 2 is 1.95 bits per heavy atom. The van der Waals surface area contributed by atoms with Crippen LogP contribution in [-0.2, 0) is 6.54 Å². The van der Waals surface area contributed by atoms with Crippen LogP contribution in [0.1, 0.15) is 29.9 Å². The fraction of sp³-hybridized carbons (Fsp3) is 0.250. The molecule has 110 valence electrons. The summed E-state index contributed by atoms with van der Waals surface area (Å²) in [5.41, 5.74) is 6.97. The molecule has 3 rings (SSSR count). The third-order valence-electron chi connectivity index (χ3n) is 3.51. The second-order valence-electron chi connectivity index (χ2n) is 5.15. The summed E-state index contributed by atoms with van der Waals surface area (Å²) >= 11 is 12.1. The summed E-state index contributed by atoms with van der Waals surface area (Å²) in [6.07, 6.45) is 2.30. The average molecular weight is 326 g/mol. The molecule has 1 aliphatic carbocycles. The van der Waals surface area contributed by atoms with Gasteiger partial charge in [-0.1, -0.05) is 29.3 Å². The van der Waals surface area contributed by atoms with Gasteiger partial charge in [-0.15, -0.1) is 0 Å². The first-order valence-corrected chi connectivity index (χ1v) is 7.49. The summed E-state index contributed by atoms with van der Waals surface area (Å²) in [7, 11) is 0. The van der Waals surface area contributed by atoms with Gasteiger partial charge in [0.15, 0.2) is 11.6 Å². The van der Waals surface area contributed by atoms with Gasteiger partial charge in [-0.05, 0) is 48.6 Å². The normalized spacial score (nSPS) is 14.3. The average Bonchev–Trinajstić information content (AvgIpc) is 3.27. The van der Waals surface area contributed by atoms with Gasteiger partial charge in [-0.2, -0.15) is 0 Å². The van der Waals surface area contributed by atoms with E-state index < -0.39 is 5.82 Å². The number of hydrogen-bond acceptors (Lipinski definition) is 2. The lowest BCUT2D eigenvalue weighted by atomic mass is 10.1. The first-order valence-electron chi connectivity index (χ1n) is 6.73. The molecule has 1 aliphatic rings. The molecule has 0 atom stereocenters. The Bertz CT molecular complexity index is 686. The highest BCUT2D eigenvalue weighted by molar-refractivity contribution is 6.32. The molecule has 0 heterocycles. The summed E-state index contributed by atoms with van der Waals surface area (Å²) in [6.45, 7) is 0.0855. The molecule has 0 aromatic heterocycles. The second-order valence-corrected chi connectivity index (χ2v) is 5.99. The molecule has 0 spiro atoms. The van der Waals surface area contributed by atoms with Crippen LogP contribution in [0.2, 0.25) is 10.0 Å². The van der Waals surface area contributed by atoms with Gasteiger partial charge in [-0.25, -0.2) is 4.39 Å². The van der Waals surface area contributed by atoms with E-state index in [0.717, 1.165) is 18.4 Å². The van der Waals surface area contributed by atoms with Crippen molar-refractivity contribution >= 4 is 23.2 Å². The molecule has 21 heavy (non-hydrogen) atoms. The molecule has 2 aromatic rings. The summed E-state index contributed by atoms with van der Waals surface area (Å²) < 4.78 is 19.9. The highest BCUT2D eigenvalue weighted by atomic mass is 35.5. The van der Waals surface area contributed by atoms with Gasteiger partial charge in [0.2, 0.25) is 0 Å². The first kappa shape index (κ1) is 14.6. The lowest BCUT2D eigenvalue weighted by molar-refractivity contribution is 0.438. The van der Waals surface area contributed by atoms with Gasteiger partial charge in [-0.3, -0.25) is 0 Å². The van der Waals surface area contributed by atoms with E-state index in [0.29, 0.717) is 22.3 Å². The van der Waals surface area contributed by atoms with E-state index in [4.69, 9.17) is 33.7 Å². The number of nitrogens with two attached hydrogens (primary N) is 1. The molecule has 2 nitrogen and oxygen atoms in total. The fourth-order valence-electron chi connectivity index (χ4n) is 2.24. The summed E-state index contributed by atoms with van der Waals surface area (Å²) in [5.74, 6) is 0.475. The fourth-order valence-corrected chi connectivity index (χ4v) is 2.66. The quantitative estimate of drug-likeness (QED) is 0.832. The van der Waals surface area contributed by atoms with E-state index in [9.17, 15) is 4.39 Å². The van der Waals surface area contributed by atoms with Crippen molar-refractivity contribution in [2.75, 3.05) is 0 Å². The third kappa shape index (κ3) is 3.15. The van der Waals surface area contributed by atoms with E-state index in [1.807, 2.05) is 12.1 Å². The van der Waals surface area contributed by atoms with Gasteiger partial charge < -0.3 is 10.5 Å². The molecule has 1 saturated carbocycles. The largest absolute Gasteiger partial charge is 0.453 e. The zero-order valence-electron chi connectivity index (χ0n) is 11.2. The molecule has 0 radical (unpaired) electrons. The van der Waals surface area contributed by atoms with Gasteiger partial charge in [0.05, 0.1) is 5.02 Å². The number of rotatable bonds is 4. The van der Waals surface area contributed by atoms with Gasteiger partial charge in [0.25, 0.3) is 0 Å². The molecule has 0 bridgehead atoms. The van der Waals surface area contributed by atoms with Crippen LogP contribution in [0.4, 0.5) is 4.39 Å². The number of benzene rings is 2. The van der Waals surface area contributed by atoms with Crippen LogP contribution >= 0.6 is 23.2 Å². The van der Waals surface area contributed by atoms with Crippen LogP contribution in [0.3, 0.4) is 0 Å². The Kier molecular flexibility index (Phi) is 4.07. The number of halogens is 3. The zero-order chi connectivity index (χ0) is 15.0. The zero-order valence-corrected chi connectivity index (χ0v) is 12.7. The van der Waals surface area contributed by atoms with Crippen molar-refractivity contribution in [3.8, 4) is 11.5 Å². The summed E-state index contributed by atoms with van der Waals surface area (Å²) in [4.78, 5) is 0. The smallest absolute Gasteiger partial charge is 0.181 e. The van der Waals surface area contributed by atoms with Crippen molar-refractivity contribution in [2.24, 2.45) is 5.73 Å². The molecule has 2 N–H and O–H groups in total. The van der Waals surface area contributed by atoms with Crippen LogP contribution in [0, 0.1) is 5.82 Å². The Balaban J connectivity index is 1.96. The Hall–Kier alpha value is -1.29. The monoisotopic (exact) mass is 325 g/mol.